The molecule has 2 heterocycles. The van der Waals surface area contributed by atoms with Gasteiger partial charge in [-0.2, -0.15) is 5.10 Å². The van der Waals surface area contributed by atoms with E-state index in [9.17, 15) is 4.79 Å². The third-order valence-electron chi connectivity index (χ3n) is 3.33. The van der Waals surface area contributed by atoms with Gasteiger partial charge < -0.3 is 10.1 Å². The molecule has 0 radical (unpaired) electrons. The summed E-state index contributed by atoms with van der Waals surface area (Å²) in [5.41, 5.74) is 1.08. The fourth-order valence-electron chi connectivity index (χ4n) is 2.19. The minimum absolute atomic E-state index is 0.124. The number of rotatable bonds is 7. The monoisotopic (exact) mass is 251 g/mol. The number of hydrogen-bond donors (Lipinski definition) is 2. The predicted octanol–water partition coefficient (Wildman–Crippen LogP) is 1.28. The highest BCUT2D eigenvalue weighted by molar-refractivity contribution is 5.76. The molecule has 1 aliphatic rings. The lowest BCUT2D eigenvalue weighted by atomic mass is 10.0. The van der Waals surface area contributed by atoms with Crippen molar-refractivity contribution in [3.05, 3.63) is 18.0 Å². The number of hydrogen-bond acceptors (Lipinski definition) is 3. The molecule has 1 aliphatic heterocycles. The van der Waals surface area contributed by atoms with Crippen LogP contribution in [0.4, 0.5) is 0 Å². The van der Waals surface area contributed by atoms with Gasteiger partial charge in [-0.3, -0.25) is 9.89 Å². The number of ether oxygens (including phenoxy) is 1. The Labute approximate surface area is 107 Å². The molecule has 2 rings (SSSR count). The first-order valence-corrected chi connectivity index (χ1v) is 6.66. The van der Waals surface area contributed by atoms with E-state index in [0.29, 0.717) is 12.3 Å². The molecule has 0 aromatic carbocycles. The zero-order valence-electron chi connectivity index (χ0n) is 10.7. The van der Waals surface area contributed by atoms with Crippen molar-refractivity contribution in [1.29, 1.82) is 0 Å². The molecular formula is C13H21N3O2. The number of carbonyl (C=O) groups excluding carboxylic acids is 1. The molecule has 1 aromatic heterocycles. The van der Waals surface area contributed by atoms with Crippen molar-refractivity contribution >= 4 is 5.91 Å². The maximum absolute atomic E-state index is 11.6. The van der Waals surface area contributed by atoms with Crippen molar-refractivity contribution in [2.45, 2.75) is 32.1 Å². The summed E-state index contributed by atoms with van der Waals surface area (Å²) in [5, 5.41) is 9.55. The highest BCUT2D eigenvalue weighted by Gasteiger charge is 2.14. The van der Waals surface area contributed by atoms with E-state index in [-0.39, 0.29) is 5.91 Å². The maximum Gasteiger partial charge on any atom is 0.220 e. The summed E-state index contributed by atoms with van der Waals surface area (Å²) in [6.07, 6.45) is 8.24. The Kier molecular flexibility index (Phi) is 5.20. The van der Waals surface area contributed by atoms with Crippen LogP contribution in [0.5, 0.6) is 0 Å². The minimum atomic E-state index is 0.124. The van der Waals surface area contributed by atoms with Crippen LogP contribution in [0.15, 0.2) is 12.4 Å². The van der Waals surface area contributed by atoms with Crippen LogP contribution in [0.25, 0.3) is 0 Å². The summed E-state index contributed by atoms with van der Waals surface area (Å²) >= 11 is 0. The molecule has 0 spiro atoms. The SMILES string of the molecule is O=C(CCc1cn[nH]c1)NCCCC1CCOC1. The van der Waals surface area contributed by atoms with Crippen LogP contribution in [0.3, 0.4) is 0 Å². The van der Waals surface area contributed by atoms with Gasteiger partial charge in [0.2, 0.25) is 5.91 Å². The number of nitrogens with zero attached hydrogens (tertiary/aromatic N) is 1. The molecule has 18 heavy (non-hydrogen) atoms. The average Bonchev–Trinajstić information content (AvgIpc) is 3.04. The number of aromatic amines is 1. The molecule has 1 fully saturated rings. The largest absolute Gasteiger partial charge is 0.381 e. The highest BCUT2D eigenvalue weighted by Crippen LogP contribution is 2.17. The van der Waals surface area contributed by atoms with E-state index in [1.165, 1.54) is 6.42 Å². The standard InChI is InChI=1S/C13H21N3O2/c17-13(4-3-12-8-15-16-9-12)14-6-1-2-11-5-7-18-10-11/h8-9,11H,1-7,10H2,(H,14,17)(H,15,16). The number of amides is 1. The zero-order chi connectivity index (χ0) is 12.6. The molecule has 1 unspecified atom stereocenters. The molecular weight excluding hydrogens is 230 g/mol. The molecule has 0 saturated carbocycles. The maximum atomic E-state index is 11.6. The van der Waals surface area contributed by atoms with Crippen LogP contribution in [-0.4, -0.2) is 35.9 Å². The first kappa shape index (κ1) is 13.1. The Morgan fingerprint density at radius 3 is 3.28 bits per heavy atom. The Hall–Kier alpha value is -1.36. The Morgan fingerprint density at radius 1 is 1.61 bits per heavy atom. The van der Waals surface area contributed by atoms with Crippen LogP contribution >= 0.6 is 0 Å². The number of aryl methyl sites for hydroxylation is 1. The van der Waals surface area contributed by atoms with Crippen molar-refractivity contribution in [2.24, 2.45) is 5.92 Å². The van der Waals surface area contributed by atoms with Crippen molar-refractivity contribution < 1.29 is 9.53 Å². The molecule has 0 bridgehead atoms. The van der Waals surface area contributed by atoms with Gasteiger partial charge in [-0.05, 0) is 37.2 Å². The minimum Gasteiger partial charge on any atom is -0.381 e. The average molecular weight is 251 g/mol. The summed E-state index contributed by atoms with van der Waals surface area (Å²) in [6, 6.07) is 0. The van der Waals surface area contributed by atoms with E-state index in [0.717, 1.165) is 44.6 Å². The topological polar surface area (TPSA) is 67.0 Å². The number of nitrogens with one attached hydrogen (secondary N) is 2. The number of carbonyl (C=O) groups is 1. The molecule has 5 heteroatoms. The molecule has 1 amide bonds. The molecule has 1 atom stereocenters. The molecule has 2 N–H and O–H groups in total. The first-order valence-electron chi connectivity index (χ1n) is 6.66. The summed E-state index contributed by atoms with van der Waals surface area (Å²) in [6.45, 7) is 2.58. The van der Waals surface area contributed by atoms with E-state index in [4.69, 9.17) is 4.74 Å². The second-order valence-electron chi connectivity index (χ2n) is 4.83. The van der Waals surface area contributed by atoms with Crippen LogP contribution in [0, 0.1) is 5.92 Å². The van der Waals surface area contributed by atoms with E-state index in [2.05, 4.69) is 15.5 Å². The van der Waals surface area contributed by atoms with Gasteiger partial charge in [-0.15, -0.1) is 0 Å². The van der Waals surface area contributed by atoms with Crippen molar-refractivity contribution in [3.63, 3.8) is 0 Å². The summed E-state index contributed by atoms with van der Waals surface area (Å²) in [4.78, 5) is 11.6. The van der Waals surface area contributed by atoms with Gasteiger partial charge >= 0.3 is 0 Å². The third-order valence-corrected chi connectivity index (χ3v) is 3.33. The zero-order valence-corrected chi connectivity index (χ0v) is 10.7. The second kappa shape index (κ2) is 7.16. The summed E-state index contributed by atoms with van der Waals surface area (Å²) < 4.78 is 5.32. The van der Waals surface area contributed by atoms with E-state index in [1.807, 2.05) is 6.20 Å². The number of H-pyrrole nitrogens is 1. The van der Waals surface area contributed by atoms with Gasteiger partial charge in [0.1, 0.15) is 0 Å². The van der Waals surface area contributed by atoms with Gasteiger partial charge in [0.25, 0.3) is 0 Å². The van der Waals surface area contributed by atoms with Crippen molar-refractivity contribution in [3.8, 4) is 0 Å². The quantitative estimate of drug-likeness (QED) is 0.717. The van der Waals surface area contributed by atoms with Crippen molar-refractivity contribution in [2.75, 3.05) is 19.8 Å². The number of aromatic nitrogens is 2. The Balaban J connectivity index is 1.49. The Bertz CT molecular complexity index is 345. The summed E-state index contributed by atoms with van der Waals surface area (Å²) in [5.74, 6) is 0.826. The van der Waals surface area contributed by atoms with Gasteiger partial charge in [-0.25, -0.2) is 0 Å². The lowest BCUT2D eigenvalue weighted by Crippen LogP contribution is -2.25. The highest BCUT2D eigenvalue weighted by atomic mass is 16.5. The first-order chi connectivity index (χ1) is 8.84. The van der Waals surface area contributed by atoms with Gasteiger partial charge in [0.15, 0.2) is 0 Å². The van der Waals surface area contributed by atoms with Crippen molar-refractivity contribution in [1.82, 2.24) is 15.5 Å². The summed E-state index contributed by atoms with van der Waals surface area (Å²) in [7, 11) is 0. The lowest BCUT2D eigenvalue weighted by molar-refractivity contribution is -0.121. The van der Waals surface area contributed by atoms with Crippen LogP contribution in [0.1, 0.15) is 31.2 Å². The molecule has 1 saturated heterocycles. The van der Waals surface area contributed by atoms with E-state index < -0.39 is 0 Å². The molecule has 100 valence electrons. The molecule has 0 aliphatic carbocycles. The van der Waals surface area contributed by atoms with Gasteiger partial charge in [0.05, 0.1) is 6.20 Å². The van der Waals surface area contributed by atoms with Gasteiger partial charge in [0, 0.05) is 32.4 Å². The molecule has 5 nitrogen and oxygen atoms in total. The predicted molar refractivity (Wildman–Crippen MR) is 68.1 cm³/mol. The van der Waals surface area contributed by atoms with Crippen LogP contribution in [-0.2, 0) is 16.0 Å². The smallest absolute Gasteiger partial charge is 0.220 e. The van der Waals surface area contributed by atoms with Gasteiger partial charge in [-0.1, -0.05) is 0 Å². The lowest BCUT2D eigenvalue weighted by Gasteiger charge is -2.08. The van der Waals surface area contributed by atoms with E-state index >= 15 is 0 Å². The molecule has 1 aromatic rings. The fraction of sp³-hybridized carbons (Fsp3) is 0.692. The van der Waals surface area contributed by atoms with Crippen LogP contribution in [0.2, 0.25) is 0 Å². The normalized spacial score (nSPS) is 19.0. The second-order valence-corrected chi connectivity index (χ2v) is 4.83. The van der Waals surface area contributed by atoms with E-state index in [1.54, 1.807) is 6.20 Å². The third kappa shape index (κ3) is 4.49. The Morgan fingerprint density at radius 2 is 2.56 bits per heavy atom. The fourth-order valence-corrected chi connectivity index (χ4v) is 2.19. The van der Waals surface area contributed by atoms with Crippen LogP contribution < -0.4 is 5.32 Å².